The van der Waals surface area contributed by atoms with Crippen LogP contribution < -0.4 is 10.6 Å². The predicted octanol–water partition coefficient (Wildman–Crippen LogP) is 4.29. The molecular weight excluding hydrogens is 562 g/mol. The lowest BCUT2D eigenvalue weighted by atomic mass is 10.0. The average Bonchev–Trinajstić information content (AvgIpc) is 3.63. The molecule has 0 saturated carbocycles. The van der Waals surface area contributed by atoms with Gasteiger partial charge in [-0.25, -0.2) is 9.37 Å². The highest BCUT2D eigenvalue weighted by Gasteiger charge is 2.34. The zero-order chi connectivity index (χ0) is 29.5. The number of nitrogens with zero attached hydrogens (tertiary/aromatic N) is 7. The molecule has 0 unspecified atom stereocenters. The van der Waals surface area contributed by atoms with Crippen LogP contribution >= 0.6 is 11.3 Å². The molecule has 0 bridgehead atoms. The fraction of sp³-hybridized carbons (Fsp3) is 0.500. The number of piperidine rings is 1. The van der Waals surface area contributed by atoms with Crippen molar-refractivity contribution in [1.82, 2.24) is 39.6 Å². The Morgan fingerprint density at radius 3 is 2.68 bits per heavy atom. The third-order valence-electron chi connectivity index (χ3n) is 6.80. The Bertz CT molecular complexity index is 1540. The lowest BCUT2D eigenvalue weighted by Crippen LogP contribution is -2.46. The molecule has 0 aliphatic carbocycles. The van der Waals surface area contributed by atoms with Gasteiger partial charge < -0.3 is 19.9 Å². The normalized spacial score (nSPS) is 18.6. The molecule has 2 N–H and O–H groups in total. The van der Waals surface area contributed by atoms with E-state index in [1.54, 1.807) is 23.0 Å². The van der Waals surface area contributed by atoms with Crippen molar-refractivity contribution >= 4 is 28.6 Å². The van der Waals surface area contributed by atoms with Gasteiger partial charge in [0.2, 0.25) is 0 Å². The number of carbonyl (C=O) groups excluding carboxylic acids is 1. The van der Waals surface area contributed by atoms with Gasteiger partial charge in [-0.1, -0.05) is 11.3 Å². The van der Waals surface area contributed by atoms with Crippen LogP contribution in [0, 0.1) is 0 Å². The third kappa shape index (κ3) is 6.50. The largest absolute Gasteiger partial charge is 0.394 e. The first-order chi connectivity index (χ1) is 19.3. The van der Waals surface area contributed by atoms with Crippen LogP contribution in [0.3, 0.4) is 0 Å². The smallest absolute Gasteiger partial charge is 0.376 e. The van der Waals surface area contributed by atoms with Crippen molar-refractivity contribution in [2.45, 2.75) is 64.1 Å². The molecule has 4 aromatic rings. The number of fused-ring (bicyclic) bond motifs is 1. The molecule has 0 aromatic carbocycles. The summed E-state index contributed by atoms with van der Waals surface area (Å²) in [6.07, 6.45) is -1.73. The zero-order valence-corrected chi connectivity index (χ0v) is 23.9. The molecule has 5 rings (SSSR count). The van der Waals surface area contributed by atoms with Gasteiger partial charge in [-0.05, 0) is 46.4 Å². The Kier molecular flexibility index (Phi) is 7.76. The number of amides is 1. The molecule has 15 heteroatoms. The first-order valence-corrected chi connectivity index (χ1v) is 13.9. The molecule has 1 saturated heterocycles. The number of hydrogen-bond acceptors (Lipinski definition) is 8. The Hall–Kier alpha value is -3.59. The minimum absolute atomic E-state index is 0.0278. The van der Waals surface area contributed by atoms with Crippen molar-refractivity contribution in [2.24, 2.45) is 0 Å². The molecule has 1 aliphatic rings. The average molecular weight is 594 g/mol. The number of likely N-dealkylation sites (tertiary alicyclic amines) is 1. The van der Waals surface area contributed by atoms with Crippen LogP contribution in [0.25, 0.3) is 16.3 Å². The second kappa shape index (κ2) is 11.0. The first kappa shape index (κ1) is 28.9. The van der Waals surface area contributed by atoms with E-state index in [1.807, 2.05) is 32.7 Å². The maximum atomic E-state index is 14.7. The van der Waals surface area contributed by atoms with E-state index in [1.165, 1.54) is 16.8 Å². The van der Waals surface area contributed by atoms with Gasteiger partial charge in [0, 0.05) is 25.5 Å². The van der Waals surface area contributed by atoms with Gasteiger partial charge in [0.05, 0.1) is 47.7 Å². The number of imidazole rings is 1. The standard InChI is InChI=1S/C26H31F4N9OS/c1-25(2,3)39-13-15(11-32-39)23(40)31-12-20-35-36-24(41-20)21-19(10-26(28,29)30)38-8-5-6-18(22(38)34-21)33-17-7-9-37(4)14-16(17)27/h5-6,8,11,13,16-17,33H,7,9-10,12,14H2,1-4H3,(H,31,40)/t16-,17+/m0/s1. The fourth-order valence-electron chi connectivity index (χ4n) is 4.66. The van der Waals surface area contributed by atoms with Crippen LogP contribution in [0.1, 0.15) is 48.3 Å². The quantitative estimate of drug-likeness (QED) is 0.308. The number of aromatic nitrogens is 6. The summed E-state index contributed by atoms with van der Waals surface area (Å²) in [6.45, 7) is 6.87. The van der Waals surface area contributed by atoms with E-state index in [0.29, 0.717) is 29.2 Å². The predicted molar refractivity (Wildman–Crippen MR) is 147 cm³/mol. The highest BCUT2D eigenvalue weighted by Crippen LogP contribution is 2.34. The van der Waals surface area contributed by atoms with Gasteiger partial charge in [-0.15, -0.1) is 10.2 Å². The van der Waals surface area contributed by atoms with Crippen LogP contribution in [-0.4, -0.2) is 78.7 Å². The molecule has 10 nitrogen and oxygen atoms in total. The number of anilines is 1. The Morgan fingerprint density at radius 2 is 2.00 bits per heavy atom. The number of pyridine rings is 1. The van der Waals surface area contributed by atoms with Gasteiger partial charge in [-0.2, -0.15) is 18.3 Å². The van der Waals surface area contributed by atoms with E-state index in [2.05, 4.69) is 30.9 Å². The van der Waals surface area contributed by atoms with E-state index >= 15 is 0 Å². The minimum atomic E-state index is -4.51. The molecule has 0 spiro atoms. The minimum Gasteiger partial charge on any atom is -0.376 e. The molecule has 5 heterocycles. The van der Waals surface area contributed by atoms with Gasteiger partial charge in [0.25, 0.3) is 5.91 Å². The summed E-state index contributed by atoms with van der Waals surface area (Å²) in [5.74, 6) is -0.362. The first-order valence-electron chi connectivity index (χ1n) is 13.1. The summed E-state index contributed by atoms with van der Waals surface area (Å²) in [5.41, 5.74) is 0.708. The third-order valence-corrected chi connectivity index (χ3v) is 7.73. The second-order valence-corrected chi connectivity index (χ2v) is 12.2. The number of carbonyl (C=O) groups is 1. The Morgan fingerprint density at radius 1 is 1.22 bits per heavy atom. The van der Waals surface area contributed by atoms with Crippen LogP contribution in [0.5, 0.6) is 0 Å². The Balaban J connectivity index is 1.40. The number of halogens is 4. The maximum Gasteiger partial charge on any atom is 0.394 e. The topological polar surface area (TPSA) is 105 Å². The van der Waals surface area contributed by atoms with E-state index in [4.69, 9.17) is 0 Å². The van der Waals surface area contributed by atoms with Crippen molar-refractivity contribution in [2.75, 3.05) is 25.5 Å². The van der Waals surface area contributed by atoms with Gasteiger partial charge >= 0.3 is 6.18 Å². The van der Waals surface area contributed by atoms with Crippen molar-refractivity contribution in [3.8, 4) is 10.7 Å². The van der Waals surface area contributed by atoms with Crippen LogP contribution in [0.15, 0.2) is 30.7 Å². The molecule has 41 heavy (non-hydrogen) atoms. The molecule has 0 radical (unpaired) electrons. The molecule has 4 aromatic heterocycles. The molecule has 2 atom stereocenters. The lowest BCUT2D eigenvalue weighted by Gasteiger charge is -2.33. The number of alkyl halides is 4. The Labute approximate surface area is 237 Å². The monoisotopic (exact) mass is 593 g/mol. The molecular formula is C26H31F4N9OS. The van der Waals surface area contributed by atoms with E-state index < -0.39 is 24.8 Å². The van der Waals surface area contributed by atoms with Gasteiger partial charge in [0.1, 0.15) is 16.9 Å². The SMILES string of the molecule is CN1CC[C@@H](Nc2cccn3c(CC(F)(F)F)c(-c4nnc(CNC(=O)c5cnn(C(C)(C)C)c5)s4)nc23)[C@@H](F)C1. The summed E-state index contributed by atoms with van der Waals surface area (Å²) >= 11 is 1.04. The number of nitrogens with one attached hydrogen (secondary N) is 2. The number of rotatable bonds is 7. The van der Waals surface area contributed by atoms with Crippen LogP contribution in [0.2, 0.25) is 0 Å². The van der Waals surface area contributed by atoms with Crippen molar-refractivity contribution in [1.29, 1.82) is 0 Å². The van der Waals surface area contributed by atoms with Crippen molar-refractivity contribution in [3.05, 3.63) is 47.0 Å². The van der Waals surface area contributed by atoms with Crippen LogP contribution in [-0.2, 0) is 18.5 Å². The van der Waals surface area contributed by atoms with Gasteiger partial charge in [0.15, 0.2) is 10.7 Å². The summed E-state index contributed by atoms with van der Waals surface area (Å²) in [5, 5.41) is 18.9. The summed E-state index contributed by atoms with van der Waals surface area (Å²) in [4.78, 5) is 19.0. The molecule has 220 valence electrons. The summed E-state index contributed by atoms with van der Waals surface area (Å²) in [6, 6.07) is 2.79. The number of hydrogen-bond donors (Lipinski definition) is 2. The van der Waals surface area contributed by atoms with Gasteiger partial charge in [-0.3, -0.25) is 9.48 Å². The highest BCUT2D eigenvalue weighted by atomic mass is 32.1. The molecule has 1 aliphatic heterocycles. The fourth-order valence-corrected chi connectivity index (χ4v) is 5.45. The van der Waals surface area contributed by atoms with Crippen molar-refractivity contribution in [3.63, 3.8) is 0 Å². The maximum absolute atomic E-state index is 14.7. The zero-order valence-electron chi connectivity index (χ0n) is 23.0. The van der Waals surface area contributed by atoms with E-state index in [9.17, 15) is 22.4 Å². The summed E-state index contributed by atoms with van der Waals surface area (Å²) in [7, 11) is 1.84. The second-order valence-electron chi connectivity index (χ2n) is 11.2. The van der Waals surface area contributed by atoms with E-state index in [-0.39, 0.29) is 46.6 Å². The van der Waals surface area contributed by atoms with E-state index in [0.717, 1.165) is 11.3 Å². The molecule has 1 fully saturated rings. The summed E-state index contributed by atoms with van der Waals surface area (Å²) < 4.78 is 58.7. The molecule has 1 amide bonds. The highest BCUT2D eigenvalue weighted by molar-refractivity contribution is 7.14. The van der Waals surface area contributed by atoms with Crippen LogP contribution in [0.4, 0.5) is 23.2 Å². The van der Waals surface area contributed by atoms with Crippen molar-refractivity contribution < 1.29 is 22.4 Å². The lowest BCUT2D eigenvalue weighted by molar-refractivity contribution is -0.127.